The predicted molar refractivity (Wildman–Crippen MR) is 529 cm³/mol. The van der Waals surface area contributed by atoms with Gasteiger partial charge in [-0.15, -0.1) is 0 Å². The van der Waals surface area contributed by atoms with Crippen molar-refractivity contribution in [3.8, 4) is 0 Å². The van der Waals surface area contributed by atoms with Crippen LogP contribution in [0.5, 0.6) is 0 Å². The lowest BCUT2D eigenvalue weighted by atomic mass is 9.65. The topological polar surface area (TPSA) is 413 Å². The van der Waals surface area contributed by atoms with Crippen LogP contribution in [0.15, 0.2) is 0 Å². The number of nitrogens with two attached hydrogens (primary N) is 1. The number of aliphatic hydroxyl groups excluding tert-OH is 5. The molecule has 2 unspecified atom stereocenters. The lowest BCUT2D eigenvalue weighted by Gasteiger charge is -2.53. The van der Waals surface area contributed by atoms with Gasteiger partial charge in [-0.05, 0) is 266 Å². The number of sulfone groups is 1. The number of likely N-dealkylation sites (tertiary alicyclic amines) is 4. The smallest absolute Gasteiger partial charge is 0.315 e. The second-order valence-corrected chi connectivity index (χ2v) is 46.9. The Morgan fingerprint density at radius 3 is 1.15 bits per heavy atom. The maximum atomic E-state index is 13.0. The molecule has 0 radical (unpaired) electrons. The first-order valence-electron chi connectivity index (χ1n) is 50.3. The highest BCUT2D eigenvalue weighted by molar-refractivity contribution is 7.91. The number of carbonyl (C=O) groups excluding carboxylic acids is 4. The molecule has 2 saturated carbocycles. The molecule has 1 spiro atoms. The van der Waals surface area contributed by atoms with Gasteiger partial charge in [0.2, 0.25) is 11.8 Å². The average Bonchev–Trinajstić information content (AvgIpc) is 0.760. The fraction of sp³-hybridized carbons (Fsp3) is 0.959. The number of nitrogens with one attached hydrogen (secondary N) is 2. The monoisotopic (exact) mass is 2040 g/mol. The van der Waals surface area contributed by atoms with Gasteiger partial charge >= 0.3 is 6.43 Å². The van der Waals surface area contributed by atoms with Crippen LogP contribution in [0.25, 0.3) is 0 Å². The summed E-state index contributed by atoms with van der Waals surface area (Å²) in [5.74, 6) is -2.45. The molecular formula is C97H191F5N8O24S3. The van der Waals surface area contributed by atoms with E-state index >= 15 is 0 Å². The zero-order chi connectivity index (χ0) is 105. The second-order valence-electron chi connectivity index (χ2n) is 41.1. The van der Waals surface area contributed by atoms with Crippen LogP contribution in [-0.2, 0) is 97.4 Å². The molecule has 11 aliphatic rings. The molecule has 9 N–H and O–H groups in total. The van der Waals surface area contributed by atoms with Crippen molar-refractivity contribution in [1.29, 1.82) is 0 Å². The van der Waals surface area contributed by atoms with Crippen molar-refractivity contribution < 1.29 is 135 Å². The number of amides is 4. The van der Waals surface area contributed by atoms with E-state index in [0.717, 1.165) is 96.6 Å². The number of alkyl halides is 5. The SMILES string of the molecule is CC(=O)N1CCC(OC(C)C)CC1.CC(C)C.CC(C)OC1CC(CO)(CO)C1.CC(C)OC1CC2(COC2)C1.CC(C)OC1CCN(C(=O)C(F)F)CC1.CC(C)OC1CCN(C(=O)[C@H](C)O)CC1.CC(C)OC1CCN(S(N)(=O)=O)CC1.CC(C)OC1CCNCC1(F)F.CC(C)OC1CCS(=O)(=O)CC1.CC(C)O[C@H]1CCNC[C@H]1F.CC(C)S(C)=O.C[C@@H]1CN(C(=O)CO)CC[C@@H]1O. The van der Waals surface area contributed by atoms with Crippen molar-refractivity contribution in [2.45, 2.75) is 435 Å². The molecule has 0 aromatic carbocycles. The summed E-state index contributed by atoms with van der Waals surface area (Å²) >= 11 is 0. The molecule has 0 aromatic rings. The largest absolute Gasteiger partial charge is 0.396 e. The van der Waals surface area contributed by atoms with E-state index in [-0.39, 0.29) is 134 Å². The summed E-state index contributed by atoms with van der Waals surface area (Å²) in [5, 5.41) is 56.0. The molecule has 11 rings (SSSR count). The number of carbonyl (C=O) groups is 4. The normalized spacial score (nSPS) is 23.6. The Kier molecular flexibility index (Phi) is 68.2. The molecule has 9 heterocycles. The van der Waals surface area contributed by atoms with E-state index < -0.39 is 74.1 Å². The van der Waals surface area contributed by atoms with Crippen LogP contribution >= 0.6 is 0 Å². The van der Waals surface area contributed by atoms with Crippen molar-refractivity contribution in [1.82, 2.24) is 34.5 Å². The van der Waals surface area contributed by atoms with Crippen LogP contribution in [0, 0.1) is 22.7 Å². The third kappa shape index (κ3) is 61.1. The highest BCUT2D eigenvalue weighted by Crippen LogP contribution is 2.48. The number of hydrogen-bond donors (Lipinski definition) is 8. The van der Waals surface area contributed by atoms with E-state index in [9.17, 15) is 67.3 Å². The summed E-state index contributed by atoms with van der Waals surface area (Å²) in [4.78, 5) is 50.9. The first-order chi connectivity index (χ1) is 63.5. The average molecular weight is 2040 g/mol. The van der Waals surface area contributed by atoms with E-state index in [4.69, 9.17) is 72.9 Å². The Bertz CT molecular complexity index is 3340. The molecule has 7 atom stereocenters. The van der Waals surface area contributed by atoms with Crippen LogP contribution in [0.4, 0.5) is 22.0 Å². The third-order valence-electron chi connectivity index (χ3n) is 23.2. The highest BCUT2D eigenvalue weighted by atomic mass is 32.2. The summed E-state index contributed by atoms with van der Waals surface area (Å²) in [6.45, 7) is 60.2. The van der Waals surface area contributed by atoms with E-state index in [0.29, 0.717) is 151 Å². The molecule has 32 nitrogen and oxygen atoms in total. The van der Waals surface area contributed by atoms with E-state index in [1.165, 1.54) is 29.0 Å². The van der Waals surface area contributed by atoms with Gasteiger partial charge in [0.25, 0.3) is 27.9 Å². The van der Waals surface area contributed by atoms with Crippen LogP contribution in [0.2, 0.25) is 0 Å². The predicted octanol–water partition coefficient (Wildman–Crippen LogP) is 11.2. The van der Waals surface area contributed by atoms with Gasteiger partial charge in [0.15, 0.2) is 9.84 Å². The Balaban J connectivity index is 0.00000148. The van der Waals surface area contributed by atoms with Crippen molar-refractivity contribution in [2.75, 3.05) is 142 Å². The minimum absolute atomic E-state index is 0.0709. The molecule has 0 aromatic heterocycles. The maximum Gasteiger partial charge on any atom is 0.315 e. The second kappa shape index (κ2) is 69.8. The van der Waals surface area contributed by atoms with Crippen molar-refractivity contribution in [2.24, 2.45) is 27.8 Å². The lowest BCUT2D eigenvalue weighted by molar-refractivity contribution is -0.216. The molecule has 40 heteroatoms. The van der Waals surface area contributed by atoms with Gasteiger partial charge in [-0.2, -0.15) is 21.5 Å². The lowest BCUT2D eigenvalue weighted by Crippen LogP contribution is -2.55. The third-order valence-corrected chi connectivity index (χ3v) is 27.4. The minimum atomic E-state index is -3.50. The number of aliphatic hydroxyl groups is 5. The summed E-state index contributed by atoms with van der Waals surface area (Å²) in [5.41, 5.74) is 0.305. The van der Waals surface area contributed by atoms with Gasteiger partial charge in [-0.3, -0.25) is 23.4 Å². The quantitative estimate of drug-likeness (QED) is 0.0394. The van der Waals surface area contributed by atoms with Crippen molar-refractivity contribution in [3.05, 3.63) is 0 Å². The highest BCUT2D eigenvalue weighted by Gasteiger charge is 2.51. The zero-order valence-electron chi connectivity index (χ0n) is 88.7. The van der Waals surface area contributed by atoms with E-state index in [1.807, 2.05) is 109 Å². The van der Waals surface area contributed by atoms with Crippen LogP contribution < -0.4 is 15.8 Å². The molecule has 0 bridgehead atoms. The Hall–Kier alpha value is -3.18. The molecular weight excluding hydrogens is 1850 g/mol. The van der Waals surface area contributed by atoms with E-state index in [1.54, 1.807) is 36.8 Å². The van der Waals surface area contributed by atoms with Gasteiger partial charge in [-0.25, -0.2) is 26.7 Å². The molecule has 9 aliphatic heterocycles. The summed E-state index contributed by atoms with van der Waals surface area (Å²) in [6, 6.07) is 0. The molecule has 9 saturated heterocycles. The fourth-order valence-electron chi connectivity index (χ4n) is 16.1. The number of hydrogen-bond acceptors (Lipinski definition) is 26. The molecule has 4 amide bonds. The Morgan fingerprint density at radius 2 is 0.847 bits per heavy atom. The van der Waals surface area contributed by atoms with Gasteiger partial charge in [0.05, 0.1) is 154 Å². The zero-order valence-corrected chi connectivity index (χ0v) is 91.2. The van der Waals surface area contributed by atoms with Crippen LogP contribution in [0.3, 0.4) is 0 Å². The number of piperidine rings is 7. The summed E-state index contributed by atoms with van der Waals surface area (Å²) < 4.78 is 174. The first kappa shape index (κ1) is 134. The Morgan fingerprint density at radius 1 is 0.504 bits per heavy atom. The number of nitrogens with zero attached hydrogens (tertiary/aromatic N) is 5. The van der Waals surface area contributed by atoms with Crippen LogP contribution in [-0.4, -0.2) is 382 Å². The molecule has 137 heavy (non-hydrogen) atoms. The molecule has 816 valence electrons. The van der Waals surface area contributed by atoms with Gasteiger partial charge in [0.1, 0.15) is 25.0 Å². The number of ether oxygens (including phenoxy) is 10. The van der Waals surface area contributed by atoms with Gasteiger partial charge in [-0.1, -0.05) is 41.5 Å². The molecule has 2 aliphatic carbocycles. The standard InChI is InChI=1S/C11H21NO3.C10H17F2NO2.C10H19NO2.C9H18O3.C9H16O2.C8H15F2NO.C8H16FNO.C8H18N2O3S.C8H15NO3.C8H16O3S.C4H10OS.C4H10/c1-8(2)15-10-4-6-12(7-5-10)11(14)9(3)13;1-7(2)15-8-3-5-13(6-4-8)10(14)9(11)12;1-8(2)13-10-4-6-11(7-5-10)9(3)12;1-7(2)12-8-3-9(4-8,5-10)6-11;1-7(2)11-8-3-9(4-8)5-10-6-9;1-6(2)12-7-3-4-11-5-8(7,9)10;1-6(2)11-8-3-4-10-5-7(8)9;1-7(2)13-8-3-5-10(6-4-8)14(9,11)12;1-6-4-9(8(12)5-10)3-2-7(6)11;1-7(2)11-8-3-5-12(9,10)6-4-8;1-4(2)6(3)5;1-4(2)3/h8-10,13H,4-7H2,1-3H3;7-9H,3-6H2,1-2H3;8,10H,4-7H2,1-3H3;7-8,10-11H,3-6H2,1-2H3;7-8H,3-6H2,1-2H3;6-7,11H,3-5H2,1-2H3;6-8,10H,3-5H2,1-2H3;7-8H,3-6H2,1-2H3,(H2,9,11,12);6-7,10-11H,2-5H2,1H3;7-8H,3-6H2,1-2H3;4H,1-3H3;4H,1-3H3/t9-;;;;;;7-,8+;;6-,7+;;;/m0.....1.1.../s1. The van der Waals surface area contributed by atoms with E-state index in [2.05, 4.69) is 59.1 Å². The summed E-state index contributed by atoms with van der Waals surface area (Å²) in [6.07, 6.45) is 12.9. The van der Waals surface area contributed by atoms with Crippen molar-refractivity contribution >= 4 is 54.5 Å². The summed E-state index contributed by atoms with van der Waals surface area (Å²) in [7, 11) is -6.85. The Labute approximate surface area is 824 Å². The van der Waals surface area contributed by atoms with Crippen LogP contribution in [0.1, 0.15) is 289 Å². The van der Waals surface area contributed by atoms with Gasteiger partial charge in [0, 0.05) is 112 Å². The fourth-order valence-corrected chi connectivity index (χ4v) is 18.2. The first-order valence-corrected chi connectivity index (χ1v) is 55.3. The molecule has 11 fully saturated rings. The minimum Gasteiger partial charge on any atom is -0.396 e. The number of halogens is 5. The van der Waals surface area contributed by atoms with Gasteiger partial charge < -0.3 is 103 Å². The number of rotatable bonds is 25. The van der Waals surface area contributed by atoms with Crippen molar-refractivity contribution in [3.63, 3.8) is 0 Å². The maximum absolute atomic E-state index is 13.0.